The minimum absolute atomic E-state index is 0.108. The Morgan fingerprint density at radius 2 is 1.94 bits per heavy atom. The minimum atomic E-state index is 0.108. The molecule has 2 aromatic rings. The summed E-state index contributed by atoms with van der Waals surface area (Å²) in [6.07, 6.45) is 0. The summed E-state index contributed by atoms with van der Waals surface area (Å²) in [5.41, 5.74) is 2.17. The van der Waals surface area contributed by atoms with Gasteiger partial charge in [0.15, 0.2) is 0 Å². The van der Waals surface area contributed by atoms with E-state index in [0.717, 1.165) is 18.7 Å². The third-order valence-electron chi connectivity index (χ3n) is 2.79. The van der Waals surface area contributed by atoms with Crippen LogP contribution in [0.15, 0.2) is 41.8 Å². The molecule has 1 aromatic carbocycles. The molecular weight excluding hydrogens is 230 g/mol. The zero-order chi connectivity index (χ0) is 12.1. The van der Waals surface area contributed by atoms with Crippen molar-refractivity contribution in [1.29, 1.82) is 0 Å². The quantitative estimate of drug-likeness (QED) is 0.876. The molecule has 1 N–H and O–H groups in total. The maximum Gasteiger partial charge on any atom is 0.0681 e. The Balaban J connectivity index is 2.11. The van der Waals surface area contributed by atoms with Crippen molar-refractivity contribution in [2.75, 3.05) is 11.4 Å². The fraction of sp³-hybridized carbons (Fsp3) is 0.286. The van der Waals surface area contributed by atoms with Crippen molar-refractivity contribution in [1.82, 2.24) is 0 Å². The van der Waals surface area contributed by atoms with Crippen molar-refractivity contribution in [3.63, 3.8) is 0 Å². The van der Waals surface area contributed by atoms with Crippen LogP contribution in [0.3, 0.4) is 0 Å². The highest BCUT2D eigenvalue weighted by Gasteiger charge is 2.05. The normalized spacial score (nSPS) is 10.5. The lowest BCUT2D eigenvalue weighted by Gasteiger charge is -2.22. The average Bonchev–Trinajstić information content (AvgIpc) is 2.89. The molecule has 1 heterocycles. The second kappa shape index (κ2) is 5.84. The lowest BCUT2D eigenvalue weighted by Crippen LogP contribution is -2.21. The van der Waals surface area contributed by atoms with Crippen LogP contribution in [0.25, 0.3) is 0 Å². The Morgan fingerprint density at radius 3 is 2.47 bits per heavy atom. The van der Waals surface area contributed by atoms with E-state index in [0.29, 0.717) is 0 Å². The van der Waals surface area contributed by atoms with Crippen molar-refractivity contribution in [3.8, 4) is 0 Å². The summed E-state index contributed by atoms with van der Waals surface area (Å²) in [7, 11) is 0. The van der Waals surface area contributed by atoms with E-state index in [1.54, 1.807) is 11.3 Å². The fourth-order valence-electron chi connectivity index (χ4n) is 1.79. The minimum Gasteiger partial charge on any atom is -0.392 e. The summed E-state index contributed by atoms with van der Waals surface area (Å²) < 4.78 is 0. The third kappa shape index (κ3) is 3.08. The third-order valence-corrected chi connectivity index (χ3v) is 3.65. The van der Waals surface area contributed by atoms with Gasteiger partial charge in [-0.25, -0.2) is 0 Å². The lowest BCUT2D eigenvalue weighted by molar-refractivity contribution is 0.282. The van der Waals surface area contributed by atoms with Crippen molar-refractivity contribution in [2.24, 2.45) is 0 Å². The number of hydrogen-bond acceptors (Lipinski definition) is 3. The van der Waals surface area contributed by atoms with E-state index in [4.69, 9.17) is 5.11 Å². The molecule has 90 valence electrons. The summed E-state index contributed by atoms with van der Waals surface area (Å²) in [5, 5.41) is 11.1. The molecule has 0 saturated carbocycles. The van der Waals surface area contributed by atoms with Crippen molar-refractivity contribution >= 4 is 17.0 Å². The Morgan fingerprint density at radius 1 is 1.18 bits per heavy atom. The van der Waals surface area contributed by atoms with Gasteiger partial charge in [-0.2, -0.15) is 0 Å². The Labute approximate surface area is 106 Å². The monoisotopic (exact) mass is 247 g/mol. The first kappa shape index (κ1) is 12.1. The first-order valence-electron chi connectivity index (χ1n) is 5.80. The van der Waals surface area contributed by atoms with Crippen LogP contribution in [0.1, 0.15) is 17.4 Å². The molecule has 17 heavy (non-hydrogen) atoms. The SMILES string of the molecule is CCN(Cc1cccs1)c1ccc(CO)cc1. The molecule has 0 aliphatic heterocycles. The smallest absolute Gasteiger partial charge is 0.0681 e. The molecular formula is C14H17NOS. The highest BCUT2D eigenvalue weighted by atomic mass is 32.1. The first-order chi connectivity index (χ1) is 8.33. The van der Waals surface area contributed by atoms with Crippen molar-refractivity contribution in [2.45, 2.75) is 20.1 Å². The molecule has 0 bridgehead atoms. The second-order valence-corrected chi connectivity index (χ2v) is 4.95. The van der Waals surface area contributed by atoms with Gasteiger partial charge in [-0.05, 0) is 36.1 Å². The number of thiophene rings is 1. The highest BCUT2D eigenvalue weighted by molar-refractivity contribution is 7.09. The van der Waals surface area contributed by atoms with Gasteiger partial charge in [0, 0.05) is 17.1 Å². The van der Waals surface area contributed by atoms with Crippen LogP contribution < -0.4 is 4.90 Å². The number of nitrogens with zero attached hydrogens (tertiary/aromatic N) is 1. The summed E-state index contributed by atoms with van der Waals surface area (Å²) in [5.74, 6) is 0. The van der Waals surface area contributed by atoms with Gasteiger partial charge in [0.2, 0.25) is 0 Å². The number of rotatable bonds is 5. The molecule has 3 heteroatoms. The Hall–Kier alpha value is -1.32. The molecule has 0 fully saturated rings. The van der Waals surface area contributed by atoms with Crippen LogP contribution in [-0.2, 0) is 13.2 Å². The maximum absolute atomic E-state index is 9.02. The van der Waals surface area contributed by atoms with E-state index in [1.165, 1.54) is 10.6 Å². The second-order valence-electron chi connectivity index (χ2n) is 3.92. The lowest BCUT2D eigenvalue weighted by atomic mass is 10.2. The van der Waals surface area contributed by atoms with Gasteiger partial charge >= 0.3 is 0 Å². The van der Waals surface area contributed by atoms with Gasteiger partial charge in [0.1, 0.15) is 0 Å². The number of aliphatic hydroxyl groups excluding tert-OH is 1. The molecule has 0 aliphatic carbocycles. The molecule has 1 aromatic heterocycles. The molecule has 2 rings (SSSR count). The maximum atomic E-state index is 9.02. The molecule has 0 unspecified atom stereocenters. The van der Waals surface area contributed by atoms with Gasteiger partial charge in [0.05, 0.1) is 13.2 Å². The van der Waals surface area contributed by atoms with Gasteiger partial charge < -0.3 is 10.0 Å². The molecule has 0 radical (unpaired) electrons. The molecule has 0 atom stereocenters. The van der Waals surface area contributed by atoms with Crippen LogP contribution >= 0.6 is 11.3 Å². The van der Waals surface area contributed by atoms with E-state index >= 15 is 0 Å². The number of anilines is 1. The average molecular weight is 247 g/mol. The van der Waals surface area contributed by atoms with Crippen molar-refractivity contribution < 1.29 is 5.11 Å². The van der Waals surface area contributed by atoms with Crippen LogP contribution in [0, 0.1) is 0 Å². The number of benzene rings is 1. The fourth-order valence-corrected chi connectivity index (χ4v) is 2.51. The topological polar surface area (TPSA) is 23.5 Å². The zero-order valence-corrected chi connectivity index (χ0v) is 10.8. The molecule has 0 aliphatic rings. The van der Waals surface area contributed by atoms with Gasteiger partial charge in [-0.1, -0.05) is 18.2 Å². The Bertz CT molecular complexity index is 436. The van der Waals surface area contributed by atoms with E-state index in [1.807, 2.05) is 12.1 Å². The predicted molar refractivity (Wildman–Crippen MR) is 73.4 cm³/mol. The van der Waals surface area contributed by atoms with Gasteiger partial charge in [-0.3, -0.25) is 0 Å². The number of aliphatic hydroxyl groups is 1. The largest absolute Gasteiger partial charge is 0.392 e. The summed E-state index contributed by atoms with van der Waals surface area (Å²) >= 11 is 1.79. The standard InChI is InChI=1S/C14H17NOS/c1-2-15(10-14-4-3-9-17-14)13-7-5-12(11-16)6-8-13/h3-9,16H,2,10-11H2,1H3. The Kier molecular flexibility index (Phi) is 4.18. The van der Waals surface area contributed by atoms with Crippen LogP contribution in [0.5, 0.6) is 0 Å². The van der Waals surface area contributed by atoms with Crippen molar-refractivity contribution in [3.05, 3.63) is 52.2 Å². The van der Waals surface area contributed by atoms with E-state index in [9.17, 15) is 0 Å². The molecule has 2 nitrogen and oxygen atoms in total. The highest BCUT2D eigenvalue weighted by Crippen LogP contribution is 2.20. The van der Waals surface area contributed by atoms with Gasteiger partial charge in [0.25, 0.3) is 0 Å². The zero-order valence-electron chi connectivity index (χ0n) is 9.97. The molecule has 0 spiro atoms. The van der Waals surface area contributed by atoms with Gasteiger partial charge in [-0.15, -0.1) is 11.3 Å². The summed E-state index contributed by atoms with van der Waals surface area (Å²) in [6.45, 7) is 4.20. The number of hydrogen-bond donors (Lipinski definition) is 1. The summed E-state index contributed by atoms with van der Waals surface area (Å²) in [4.78, 5) is 3.70. The van der Waals surface area contributed by atoms with E-state index in [-0.39, 0.29) is 6.61 Å². The van der Waals surface area contributed by atoms with E-state index < -0.39 is 0 Å². The summed E-state index contributed by atoms with van der Waals surface area (Å²) in [6, 6.07) is 12.3. The van der Waals surface area contributed by atoms with E-state index in [2.05, 4.69) is 41.5 Å². The molecule has 0 saturated heterocycles. The van der Waals surface area contributed by atoms with Crippen LogP contribution in [-0.4, -0.2) is 11.7 Å². The van der Waals surface area contributed by atoms with Crippen LogP contribution in [0.4, 0.5) is 5.69 Å². The van der Waals surface area contributed by atoms with Crippen LogP contribution in [0.2, 0.25) is 0 Å². The predicted octanol–water partition coefficient (Wildman–Crippen LogP) is 3.27. The molecule has 0 amide bonds. The first-order valence-corrected chi connectivity index (χ1v) is 6.68.